The molecule has 0 aliphatic carbocycles. The van der Waals surface area contributed by atoms with E-state index in [1.54, 1.807) is 11.8 Å². The second-order valence-electron chi connectivity index (χ2n) is 6.08. The number of alkyl halides is 3. The molecule has 3 amide bonds. The highest BCUT2D eigenvalue weighted by Gasteiger charge is 2.39. The Bertz CT molecular complexity index is 410. The summed E-state index contributed by atoms with van der Waals surface area (Å²) < 4.78 is 36.9. The van der Waals surface area contributed by atoms with Crippen molar-refractivity contribution < 1.29 is 22.8 Å². The van der Waals surface area contributed by atoms with Crippen molar-refractivity contribution in [3.8, 4) is 0 Å². The Labute approximate surface area is 132 Å². The molecule has 0 aromatic heterocycles. The molecule has 128 valence electrons. The molecular weight excluding hydrogens is 319 g/mol. The summed E-state index contributed by atoms with van der Waals surface area (Å²) in [5.41, 5.74) is 0. The lowest BCUT2D eigenvalue weighted by atomic mass is 10.2. The number of halogens is 3. The quantitative estimate of drug-likeness (QED) is 0.752. The molecule has 1 rings (SSSR count). The van der Waals surface area contributed by atoms with Gasteiger partial charge in [0.05, 0.1) is 0 Å². The normalized spacial score (nSPS) is 19.5. The van der Waals surface area contributed by atoms with Crippen LogP contribution in [0.15, 0.2) is 0 Å². The molecule has 0 radical (unpaired) electrons. The number of hydrogen-bond acceptors (Lipinski definition) is 3. The Morgan fingerprint density at radius 1 is 1.36 bits per heavy atom. The summed E-state index contributed by atoms with van der Waals surface area (Å²) in [6.07, 6.45) is -4.23. The van der Waals surface area contributed by atoms with Gasteiger partial charge in [0, 0.05) is 23.6 Å². The number of rotatable bonds is 5. The van der Waals surface area contributed by atoms with Gasteiger partial charge in [-0.3, -0.25) is 4.79 Å². The Morgan fingerprint density at radius 3 is 2.55 bits per heavy atom. The highest BCUT2D eigenvalue weighted by molar-refractivity contribution is 8.00. The van der Waals surface area contributed by atoms with Crippen molar-refractivity contribution in [2.24, 2.45) is 0 Å². The van der Waals surface area contributed by atoms with Crippen LogP contribution in [-0.4, -0.2) is 59.2 Å². The van der Waals surface area contributed by atoms with Gasteiger partial charge in [-0.25, -0.2) is 4.79 Å². The minimum absolute atomic E-state index is 0.00314. The summed E-state index contributed by atoms with van der Waals surface area (Å²) in [5, 5.41) is 5.03. The smallest absolute Gasteiger partial charge is 0.337 e. The van der Waals surface area contributed by atoms with Crippen LogP contribution in [0.3, 0.4) is 0 Å². The molecule has 5 nitrogen and oxygen atoms in total. The third kappa shape index (κ3) is 7.24. The average Bonchev–Trinajstić information content (AvgIpc) is 2.64. The fraction of sp³-hybridized carbons (Fsp3) is 0.846. The third-order valence-corrected chi connectivity index (χ3v) is 4.17. The van der Waals surface area contributed by atoms with Crippen molar-refractivity contribution in [1.29, 1.82) is 0 Å². The van der Waals surface area contributed by atoms with E-state index in [9.17, 15) is 22.8 Å². The molecule has 2 N–H and O–H groups in total. The lowest BCUT2D eigenvalue weighted by molar-refractivity contribution is -0.157. The van der Waals surface area contributed by atoms with Gasteiger partial charge in [0.25, 0.3) is 0 Å². The summed E-state index contributed by atoms with van der Waals surface area (Å²) in [7, 11) is 0. The van der Waals surface area contributed by atoms with Gasteiger partial charge in [-0.1, -0.05) is 20.8 Å². The van der Waals surface area contributed by atoms with E-state index < -0.39 is 30.7 Å². The van der Waals surface area contributed by atoms with Crippen molar-refractivity contribution >= 4 is 23.7 Å². The standard InChI is InChI=1S/C13H22F3N3O2S/c1-12(2,3)22-7-5-17-11(21)18-9-4-6-19(10(9)20)8-13(14,15)16/h9H,4-8H2,1-3H3,(H2,17,18,21). The van der Waals surface area contributed by atoms with Crippen LogP contribution in [-0.2, 0) is 4.79 Å². The number of carbonyl (C=O) groups is 2. The number of amides is 3. The molecule has 0 bridgehead atoms. The van der Waals surface area contributed by atoms with Crippen molar-refractivity contribution in [3.05, 3.63) is 0 Å². The summed E-state index contributed by atoms with van der Waals surface area (Å²) in [5.74, 6) is 0.0342. The largest absolute Gasteiger partial charge is 0.406 e. The predicted octanol–water partition coefficient (Wildman–Crippen LogP) is 1.98. The maximum Gasteiger partial charge on any atom is 0.406 e. The van der Waals surface area contributed by atoms with Crippen molar-refractivity contribution in [2.75, 3.05) is 25.4 Å². The van der Waals surface area contributed by atoms with E-state index in [0.717, 1.165) is 10.7 Å². The van der Waals surface area contributed by atoms with E-state index >= 15 is 0 Å². The fourth-order valence-electron chi connectivity index (χ4n) is 1.98. The topological polar surface area (TPSA) is 61.4 Å². The van der Waals surface area contributed by atoms with E-state index in [4.69, 9.17) is 0 Å². The van der Waals surface area contributed by atoms with Crippen molar-refractivity contribution in [2.45, 2.75) is 44.2 Å². The molecule has 0 aromatic rings. The SMILES string of the molecule is CC(C)(C)SCCNC(=O)NC1CCN(CC(F)(F)F)C1=O. The maximum absolute atomic E-state index is 12.3. The Kier molecular flexibility index (Phi) is 6.39. The third-order valence-electron chi connectivity index (χ3n) is 2.90. The summed E-state index contributed by atoms with van der Waals surface area (Å²) in [6, 6.07) is -1.40. The number of likely N-dealkylation sites (tertiary alicyclic amines) is 1. The summed E-state index contributed by atoms with van der Waals surface area (Å²) in [4.78, 5) is 24.1. The van der Waals surface area contributed by atoms with Gasteiger partial charge in [-0.05, 0) is 6.42 Å². The predicted molar refractivity (Wildman–Crippen MR) is 79.8 cm³/mol. The van der Waals surface area contributed by atoms with E-state index in [1.165, 1.54) is 0 Å². The molecule has 1 saturated heterocycles. The second kappa shape index (κ2) is 7.43. The number of nitrogens with zero attached hydrogens (tertiary/aromatic N) is 1. The van der Waals surface area contributed by atoms with E-state index in [2.05, 4.69) is 31.4 Å². The number of urea groups is 1. The van der Waals surface area contributed by atoms with Crippen LogP contribution < -0.4 is 10.6 Å². The molecule has 1 aliphatic rings. The molecule has 1 heterocycles. The first-order chi connectivity index (χ1) is 9.98. The zero-order valence-corrected chi connectivity index (χ0v) is 13.7. The monoisotopic (exact) mass is 341 g/mol. The molecule has 0 aromatic carbocycles. The molecule has 1 fully saturated rings. The van der Waals surface area contributed by atoms with E-state index in [1.807, 2.05) is 0 Å². The first-order valence-electron chi connectivity index (χ1n) is 7.02. The van der Waals surface area contributed by atoms with E-state index in [-0.39, 0.29) is 17.7 Å². The van der Waals surface area contributed by atoms with Gasteiger partial charge in [-0.15, -0.1) is 0 Å². The summed E-state index contributed by atoms with van der Waals surface area (Å²) >= 11 is 1.68. The van der Waals surface area contributed by atoms with Crippen LogP contribution >= 0.6 is 11.8 Å². The highest BCUT2D eigenvalue weighted by Crippen LogP contribution is 2.22. The van der Waals surface area contributed by atoms with Crippen LogP contribution in [0.5, 0.6) is 0 Å². The van der Waals surface area contributed by atoms with Gasteiger partial charge in [0.1, 0.15) is 12.6 Å². The number of carbonyl (C=O) groups excluding carboxylic acids is 2. The Morgan fingerprint density at radius 2 is 2.00 bits per heavy atom. The average molecular weight is 341 g/mol. The van der Waals surface area contributed by atoms with Crippen molar-refractivity contribution in [3.63, 3.8) is 0 Å². The molecule has 22 heavy (non-hydrogen) atoms. The number of thioether (sulfide) groups is 1. The molecule has 9 heteroatoms. The van der Waals surface area contributed by atoms with Gasteiger partial charge in [0.15, 0.2) is 0 Å². The Hall–Kier alpha value is -1.12. The fourth-order valence-corrected chi connectivity index (χ4v) is 2.79. The van der Waals surface area contributed by atoms with Gasteiger partial charge in [0.2, 0.25) is 5.91 Å². The van der Waals surface area contributed by atoms with Gasteiger partial charge >= 0.3 is 12.2 Å². The zero-order chi connectivity index (χ0) is 17.0. The van der Waals surface area contributed by atoms with Crippen molar-refractivity contribution in [1.82, 2.24) is 15.5 Å². The van der Waals surface area contributed by atoms with Crippen LogP contribution in [0, 0.1) is 0 Å². The van der Waals surface area contributed by atoms with Crippen LogP contribution in [0.25, 0.3) is 0 Å². The summed E-state index contributed by atoms with van der Waals surface area (Å²) in [6.45, 7) is 5.34. The molecule has 0 spiro atoms. The Balaban J connectivity index is 2.29. The first-order valence-corrected chi connectivity index (χ1v) is 8.00. The number of hydrogen-bond donors (Lipinski definition) is 2. The zero-order valence-electron chi connectivity index (χ0n) is 12.9. The van der Waals surface area contributed by atoms with Gasteiger partial charge < -0.3 is 15.5 Å². The lowest BCUT2D eigenvalue weighted by Gasteiger charge is -2.19. The molecule has 1 atom stereocenters. The molecule has 1 aliphatic heterocycles. The molecular formula is C13H22F3N3O2S. The number of nitrogens with one attached hydrogen (secondary N) is 2. The van der Waals surface area contributed by atoms with Crippen LogP contribution in [0.4, 0.5) is 18.0 Å². The minimum atomic E-state index is -4.42. The van der Waals surface area contributed by atoms with E-state index in [0.29, 0.717) is 6.54 Å². The molecule has 0 saturated carbocycles. The maximum atomic E-state index is 12.3. The highest BCUT2D eigenvalue weighted by atomic mass is 32.2. The first kappa shape index (κ1) is 18.9. The van der Waals surface area contributed by atoms with Gasteiger partial charge in [-0.2, -0.15) is 24.9 Å². The minimum Gasteiger partial charge on any atom is -0.337 e. The molecule has 1 unspecified atom stereocenters. The lowest BCUT2D eigenvalue weighted by Crippen LogP contribution is -2.47. The van der Waals surface area contributed by atoms with Crippen LogP contribution in [0.2, 0.25) is 0 Å². The second-order valence-corrected chi connectivity index (χ2v) is 8.00. The van der Waals surface area contributed by atoms with Crippen LogP contribution in [0.1, 0.15) is 27.2 Å².